The van der Waals surface area contributed by atoms with Crippen molar-refractivity contribution in [3.63, 3.8) is 0 Å². The van der Waals surface area contributed by atoms with Crippen molar-refractivity contribution in [1.29, 1.82) is 5.26 Å². The molecule has 1 N–H and O–H groups in total. The van der Waals surface area contributed by atoms with Crippen LogP contribution in [0, 0.1) is 18.3 Å². The maximum Gasteiger partial charge on any atom is 0.233 e. The van der Waals surface area contributed by atoms with Gasteiger partial charge < -0.3 is 0 Å². The van der Waals surface area contributed by atoms with Gasteiger partial charge in [-0.3, -0.25) is 4.72 Å². The van der Waals surface area contributed by atoms with Crippen LogP contribution in [-0.4, -0.2) is 9.97 Å². The first kappa shape index (κ1) is 12.4. The van der Waals surface area contributed by atoms with E-state index in [1.54, 1.807) is 6.20 Å². The summed E-state index contributed by atoms with van der Waals surface area (Å²) in [5.74, 6) is 0.598. The molecule has 0 bridgehead atoms. The molecule has 4 nitrogen and oxygen atoms in total. The highest BCUT2D eigenvalue weighted by atomic mass is 32.2. The van der Waals surface area contributed by atoms with Gasteiger partial charge in [0.2, 0.25) is 5.95 Å². The van der Waals surface area contributed by atoms with Gasteiger partial charge in [-0.1, -0.05) is 12.1 Å². The second-order valence-corrected chi connectivity index (χ2v) is 4.58. The summed E-state index contributed by atoms with van der Waals surface area (Å²) >= 11 is 1.45. The van der Waals surface area contributed by atoms with Crippen LogP contribution in [0.4, 0.5) is 5.95 Å². The van der Waals surface area contributed by atoms with Gasteiger partial charge in [-0.05, 0) is 42.6 Å². The minimum atomic E-state index is 0.444. The predicted octanol–water partition coefficient (Wildman–Crippen LogP) is 2.97. The molecule has 0 aliphatic heterocycles. The maximum absolute atomic E-state index is 8.58. The molecule has 0 aliphatic carbocycles. The van der Waals surface area contributed by atoms with Gasteiger partial charge in [-0.2, -0.15) is 5.26 Å². The lowest BCUT2D eigenvalue weighted by Crippen LogP contribution is -1.95. The summed E-state index contributed by atoms with van der Waals surface area (Å²) in [6.45, 7) is 1.92. The van der Waals surface area contributed by atoms with E-state index in [0.717, 1.165) is 16.2 Å². The predicted molar refractivity (Wildman–Crippen MR) is 72.0 cm³/mol. The van der Waals surface area contributed by atoms with E-state index in [4.69, 9.17) is 5.26 Å². The zero-order valence-corrected chi connectivity index (χ0v) is 10.7. The second kappa shape index (κ2) is 6.03. The van der Waals surface area contributed by atoms with Gasteiger partial charge in [0.1, 0.15) is 0 Å². The van der Waals surface area contributed by atoms with Crippen LogP contribution in [0.2, 0.25) is 0 Å². The quantitative estimate of drug-likeness (QED) is 0.852. The molecule has 2 rings (SSSR count). The number of hydrogen-bond acceptors (Lipinski definition) is 5. The molecular weight excluding hydrogens is 244 g/mol. The molecule has 0 spiro atoms. The molecule has 0 amide bonds. The Hall–Kier alpha value is -2.06. The van der Waals surface area contributed by atoms with Crippen LogP contribution < -0.4 is 4.72 Å². The zero-order chi connectivity index (χ0) is 12.8. The van der Waals surface area contributed by atoms with E-state index in [9.17, 15) is 0 Å². The molecule has 5 heteroatoms. The number of nitrogens with zero attached hydrogens (tertiary/aromatic N) is 3. The van der Waals surface area contributed by atoms with Crippen molar-refractivity contribution in [2.24, 2.45) is 0 Å². The molecule has 0 radical (unpaired) electrons. The van der Waals surface area contributed by atoms with Gasteiger partial charge in [-0.25, -0.2) is 9.97 Å². The Bertz CT molecular complexity index is 560. The lowest BCUT2D eigenvalue weighted by Gasteiger charge is -2.04. The van der Waals surface area contributed by atoms with E-state index >= 15 is 0 Å². The summed E-state index contributed by atoms with van der Waals surface area (Å²) in [5, 5.41) is 8.58. The van der Waals surface area contributed by atoms with Gasteiger partial charge in [0.05, 0.1) is 12.5 Å². The van der Waals surface area contributed by atoms with Crippen molar-refractivity contribution in [2.45, 2.75) is 18.2 Å². The summed E-state index contributed by atoms with van der Waals surface area (Å²) in [6, 6.07) is 11.8. The molecule has 0 aliphatic rings. The number of aryl methyl sites for hydroxylation is 1. The topological polar surface area (TPSA) is 61.6 Å². The summed E-state index contributed by atoms with van der Waals surface area (Å²) in [7, 11) is 0. The Balaban J connectivity index is 1.96. The number of nitrogens with one attached hydrogen (secondary N) is 1. The Morgan fingerprint density at radius 2 is 2.06 bits per heavy atom. The van der Waals surface area contributed by atoms with E-state index in [0.29, 0.717) is 12.4 Å². The lowest BCUT2D eigenvalue weighted by molar-refractivity contribution is 1.12. The van der Waals surface area contributed by atoms with Crippen molar-refractivity contribution < 1.29 is 0 Å². The van der Waals surface area contributed by atoms with E-state index in [2.05, 4.69) is 20.8 Å². The fourth-order valence-electron chi connectivity index (χ4n) is 1.37. The zero-order valence-electron chi connectivity index (χ0n) is 9.92. The Labute approximate surface area is 110 Å². The molecule has 0 unspecified atom stereocenters. The smallest absolute Gasteiger partial charge is 0.233 e. The number of benzene rings is 1. The second-order valence-electron chi connectivity index (χ2n) is 3.70. The lowest BCUT2D eigenvalue weighted by atomic mass is 10.2. The van der Waals surface area contributed by atoms with Crippen LogP contribution >= 0.6 is 11.9 Å². The monoisotopic (exact) mass is 256 g/mol. The van der Waals surface area contributed by atoms with Gasteiger partial charge >= 0.3 is 0 Å². The minimum Gasteiger partial charge on any atom is -0.294 e. The van der Waals surface area contributed by atoms with E-state index < -0.39 is 0 Å². The van der Waals surface area contributed by atoms with Crippen LogP contribution in [0.25, 0.3) is 0 Å². The van der Waals surface area contributed by atoms with Crippen molar-refractivity contribution in [2.75, 3.05) is 4.72 Å². The average Bonchev–Trinajstić information content (AvgIpc) is 2.38. The minimum absolute atomic E-state index is 0.444. The highest BCUT2D eigenvalue weighted by Gasteiger charge is 1.98. The standard InChI is InChI=1S/C13H12N4S/c1-10-7-9-15-13(16-10)17-18-12-4-2-11(3-5-12)6-8-14/h2-5,7,9H,6H2,1H3,(H,15,16,17). The molecule has 0 saturated carbocycles. The van der Waals surface area contributed by atoms with Crippen LogP contribution in [-0.2, 0) is 6.42 Å². The molecule has 1 heterocycles. The molecular formula is C13H12N4S. The molecule has 0 saturated heterocycles. The molecule has 18 heavy (non-hydrogen) atoms. The third kappa shape index (κ3) is 3.47. The maximum atomic E-state index is 8.58. The van der Waals surface area contributed by atoms with Gasteiger partial charge in [0.25, 0.3) is 0 Å². The molecule has 2 aromatic rings. The molecule has 1 aromatic heterocycles. The Morgan fingerprint density at radius 1 is 1.28 bits per heavy atom. The molecule has 1 aromatic carbocycles. The van der Waals surface area contributed by atoms with Crippen LogP contribution in [0.3, 0.4) is 0 Å². The molecule has 0 atom stereocenters. The largest absolute Gasteiger partial charge is 0.294 e. The normalized spacial score (nSPS) is 9.78. The van der Waals surface area contributed by atoms with E-state index in [-0.39, 0.29) is 0 Å². The number of rotatable bonds is 4. The molecule has 0 fully saturated rings. The summed E-state index contributed by atoms with van der Waals surface area (Å²) in [6.07, 6.45) is 2.17. The third-order valence-corrected chi connectivity index (χ3v) is 3.05. The SMILES string of the molecule is Cc1ccnc(NSc2ccc(CC#N)cc2)n1. The Kier molecular flexibility index (Phi) is 4.15. The van der Waals surface area contributed by atoms with Crippen molar-refractivity contribution >= 4 is 17.9 Å². The number of hydrogen-bond donors (Lipinski definition) is 1. The number of nitriles is 1. The third-order valence-electron chi connectivity index (χ3n) is 2.26. The fourth-order valence-corrected chi connectivity index (χ4v) is 1.95. The average molecular weight is 256 g/mol. The summed E-state index contributed by atoms with van der Waals surface area (Å²) < 4.78 is 3.08. The highest BCUT2D eigenvalue weighted by molar-refractivity contribution is 8.00. The van der Waals surface area contributed by atoms with E-state index in [1.807, 2.05) is 37.3 Å². The van der Waals surface area contributed by atoms with Gasteiger partial charge in [0.15, 0.2) is 0 Å². The summed E-state index contributed by atoms with van der Waals surface area (Å²) in [4.78, 5) is 9.42. The van der Waals surface area contributed by atoms with Crippen LogP contribution in [0.15, 0.2) is 41.4 Å². The van der Waals surface area contributed by atoms with E-state index in [1.165, 1.54) is 11.9 Å². The first-order chi connectivity index (χ1) is 8.78. The summed E-state index contributed by atoms with van der Waals surface area (Å²) in [5.41, 5.74) is 1.95. The molecule has 90 valence electrons. The van der Waals surface area contributed by atoms with Crippen LogP contribution in [0.5, 0.6) is 0 Å². The van der Waals surface area contributed by atoms with Crippen LogP contribution in [0.1, 0.15) is 11.3 Å². The first-order valence-corrected chi connectivity index (χ1v) is 6.28. The number of anilines is 1. The number of aromatic nitrogens is 2. The Morgan fingerprint density at radius 3 is 2.72 bits per heavy atom. The van der Waals surface area contributed by atoms with Crippen molar-refractivity contribution in [1.82, 2.24) is 9.97 Å². The highest BCUT2D eigenvalue weighted by Crippen LogP contribution is 2.19. The van der Waals surface area contributed by atoms with Gasteiger partial charge in [-0.15, -0.1) is 0 Å². The van der Waals surface area contributed by atoms with Gasteiger partial charge in [0, 0.05) is 16.8 Å². The fraction of sp³-hybridized carbons (Fsp3) is 0.154. The van der Waals surface area contributed by atoms with Crippen molar-refractivity contribution in [3.8, 4) is 6.07 Å². The first-order valence-electron chi connectivity index (χ1n) is 5.46. The van der Waals surface area contributed by atoms with Crippen molar-refractivity contribution in [3.05, 3.63) is 47.8 Å².